The summed E-state index contributed by atoms with van der Waals surface area (Å²) in [6.07, 6.45) is 6.49. The monoisotopic (exact) mass is 253 g/mol. The van der Waals surface area contributed by atoms with Crippen LogP contribution in [0.5, 0.6) is 0 Å². The number of halogens is 1. The predicted molar refractivity (Wildman–Crippen MR) is 72.7 cm³/mol. The lowest BCUT2D eigenvalue weighted by Crippen LogP contribution is -2.15. The van der Waals surface area contributed by atoms with Crippen LogP contribution in [-0.2, 0) is 0 Å². The number of anilines is 1. The molecule has 94 valence electrons. The molecule has 0 radical (unpaired) electrons. The first-order chi connectivity index (χ1) is 8.19. The van der Waals surface area contributed by atoms with Crippen LogP contribution in [0.25, 0.3) is 0 Å². The Morgan fingerprint density at radius 1 is 1.29 bits per heavy atom. The summed E-state index contributed by atoms with van der Waals surface area (Å²) >= 11 is 1.82. The second kappa shape index (κ2) is 5.76. The molecule has 1 aromatic rings. The van der Waals surface area contributed by atoms with E-state index in [-0.39, 0.29) is 5.82 Å². The molecule has 1 nitrogen and oxygen atoms in total. The van der Waals surface area contributed by atoms with Crippen LogP contribution in [0.1, 0.15) is 39.0 Å². The van der Waals surface area contributed by atoms with Gasteiger partial charge in [-0.15, -0.1) is 11.8 Å². The van der Waals surface area contributed by atoms with Gasteiger partial charge >= 0.3 is 0 Å². The molecule has 1 fully saturated rings. The molecule has 1 aromatic carbocycles. The van der Waals surface area contributed by atoms with Gasteiger partial charge < -0.3 is 5.73 Å². The molecule has 1 saturated carbocycles. The van der Waals surface area contributed by atoms with Crippen molar-refractivity contribution >= 4 is 17.4 Å². The zero-order valence-electron chi connectivity index (χ0n) is 10.3. The van der Waals surface area contributed by atoms with E-state index in [0.717, 1.165) is 10.8 Å². The van der Waals surface area contributed by atoms with Gasteiger partial charge in [-0.1, -0.05) is 13.3 Å². The van der Waals surface area contributed by atoms with Crippen molar-refractivity contribution < 1.29 is 4.39 Å². The fourth-order valence-electron chi connectivity index (χ4n) is 2.46. The van der Waals surface area contributed by atoms with Crippen molar-refractivity contribution in [1.29, 1.82) is 0 Å². The average Bonchev–Trinajstić information content (AvgIpc) is 2.34. The molecule has 0 unspecified atom stereocenters. The highest BCUT2D eigenvalue weighted by Crippen LogP contribution is 2.38. The molecule has 1 aliphatic rings. The van der Waals surface area contributed by atoms with Gasteiger partial charge in [-0.2, -0.15) is 0 Å². The third kappa shape index (κ3) is 3.38. The molecule has 0 saturated heterocycles. The topological polar surface area (TPSA) is 26.0 Å². The Bertz CT molecular complexity index is 372. The van der Waals surface area contributed by atoms with Crippen LogP contribution >= 0.6 is 11.8 Å². The molecule has 0 spiro atoms. The van der Waals surface area contributed by atoms with E-state index in [0.29, 0.717) is 10.9 Å². The maximum Gasteiger partial charge on any atom is 0.125 e. The maximum absolute atomic E-state index is 12.9. The van der Waals surface area contributed by atoms with Crippen LogP contribution in [0.4, 0.5) is 10.1 Å². The zero-order valence-corrected chi connectivity index (χ0v) is 11.1. The third-order valence-corrected chi connectivity index (χ3v) is 5.07. The van der Waals surface area contributed by atoms with Gasteiger partial charge in [0.2, 0.25) is 0 Å². The van der Waals surface area contributed by atoms with Gasteiger partial charge in [0.1, 0.15) is 5.82 Å². The SMILES string of the molecule is CCC1CCC(Sc2ccc(F)cc2N)CC1. The first-order valence-corrected chi connectivity index (χ1v) is 7.28. The number of thioether (sulfide) groups is 1. The summed E-state index contributed by atoms with van der Waals surface area (Å²) in [6.45, 7) is 2.27. The highest BCUT2D eigenvalue weighted by molar-refractivity contribution is 8.00. The first-order valence-electron chi connectivity index (χ1n) is 6.40. The molecule has 0 atom stereocenters. The fraction of sp³-hybridized carbons (Fsp3) is 0.571. The molecule has 0 amide bonds. The Labute approximate surface area is 107 Å². The van der Waals surface area contributed by atoms with Crippen molar-refractivity contribution in [3.05, 3.63) is 24.0 Å². The quantitative estimate of drug-likeness (QED) is 0.804. The first kappa shape index (κ1) is 12.7. The molecule has 0 heterocycles. The number of nitrogens with two attached hydrogens (primary N) is 1. The van der Waals surface area contributed by atoms with E-state index in [1.165, 1.54) is 44.2 Å². The normalized spacial score (nSPS) is 24.8. The molecular formula is C14H20FNS. The minimum atomic E-state index is -0.249. The molecule has 2 rings (SSSR count). The van der Waals surface area contributed by atoms with E-state index >= 15 is 0 Å². The minimum Gasteiger partial charge on any atom is -0.398 e. The second-order valence-corrected chi connectivity index (χ2v) is 6.19. The maximum atomic E-state index is 12.9. The summed E-state index contributed by atoms with van der Waals surface area (Å²) in [5, 5.41) is 0.658. The van der Waals surface area contributed by atoms with Crippen LogP contribution in [0.3, 0.4) is 0 Å². The molecule has 0 bridgehead atoms. The zero-order chi connectivity index (χ0) is 12.3. The van der Waals surface area contributed by atoms with Crippen LogP contribution in [0.2, 0.25) is 0 Å². The number of nitrogen functional groups attached to an aromatic ring is 1. The fourth-order valence-corrected chi connectivity index (χ4v) is 3.67. The highest BCUT2D eigenvalue weighted by atomic mass is 32.2. The molecule has 0 aliphatic heterocycles. The van der Waals surface area contributed by atoms with Crippen molar-refractivity contribution in [1.82, 2.24) is 0 Å². The average molecular weight is 253 g/mol. The van der Waals surface area contributed by atoms with E-state index in [2.05, 4.69) is 6.92 Å². The molecule has 17 heavy (non-hydrogen) atoms. The number of hydrogen-bond donors (Lipinski definition) is 1. The standard InChI is InChI=1S/C14H20FNS/c1-2-10-3-6-12(7-4-10)17-14-8-5-11(15)9-13(14)16/h5,8-10,12H,2-4,6-7,16H2,1H3. The van der Waals surface area contributed by atoms with E-state index in [4.69, 9.17) is 5.73 Å². The Kier molecular flexibility index (Phi) is 4.32. The smallest absolute Gasteiger partial charge is 0.125 e. The van der Waals surface area contributed by atoms with Gasteiger partial charge in [-0.3, -0.25) is 0 Å². The summed E-state index contributed by atoms with van der Waals surface area (Å²) < 4.78 is 12.9. The lowest BCUT2D eigenvalue weighted by Gasteiger charge is -2.27. The highest BCUT2D eigenvalue weighted by Gasteiger charge is 2.21. The van der Waals surface area contributed by atoms with Gasteiger partial charge in [0.15, 0.2) is 0 Å². The summed E-state index contributed by atoms with van der Waals surface area (Å²) in [5.74, 6) is 0.666. The van der Waals surface area contributed by atoms with Crippen LogP contribution in [0.15, 0.2) is 23.1 Å². The largest absolute Gasteiger partial charge is 0.398 e. The Balaban J connectivity index is 1.93. The Morgan fingerprint density at radius 3 is 2.59 bits per heavy atom. The molecule has 3 heteroatoms. The predicted octanol–water partition coefficient (Wildman–Crippen LogP) is 4.47. The van der Waals surface area contributed by atoms with Crippen molar-refractivity contribution in [2.45, 2.75) is 49.2 Å². The Hall–Kier alpha value is -0.700. The number of hydrogen-bond acceptors (Lipinski definition) is 2. The second-order valence-electron chi connectivity index (χ2n) is 4.85. The van der Waals surface area contributed by atoms with E-state index in [1.807, 2.05) is 11.8 Å². The van der Waals surface area contributed by atoms with E-state index in [1.54, 1.807) is 6.07 Å². The van der Waals surface area contributed by atoms with Gasteiger partial charge in [-0.05, 0) is 49.8 Å². The van der Waals surface area contributed by atoms with Crippen LogP contribution in [0, 0.1) is 11.7 Å². The molecular weight excluding hydrogens is 233 g/mol. The lowest BCUT2D eigenvalue weighted by molar-refractivity contribution is 0.356. The Morgan fingerprint density at radius 2 is 2.00 bits per heavy atom. The van der Waals surface area contributed by atoms with Crippen molar-refractivity contribution in [3.63, 3.8) is 0 Å². The summed E-state index contributed by atoms with van der Waals surface area (Å²) in [5.41, 5.74) is 6.41. The molecule has 2 N–H and O–H groups in total. The van der Waals surface area contributed by atoms with Gasteiger partial charge in [0, 0.05) is 15.8 Å². The van der Waals surface area contributed by atoms with Crippen molar-refractivity contribution in [2.75, 3.05) is 5.73 Å². The third-order valence-electron chi connectivity index (χ3n) is 3.64. The van der Waals surface area contributed by atoms with Gasteiger partial charge in [0.05, 0.1) is 0 Å². The molecule has 0 aromatic heterocycles. The molecule has 1 aliphatic carbocycles. The van der Waals surface area contributed by atoms with Crippen LogP contribution in [-0.4, -0.2) is 5.25 Å². The number of rotatable bonds is 3. The summed E-state index contributed by atoms with van der Waals surface area (Å²) in [7, 11) is 0. The summed E-state index contributed by atoms with van der Waals surface area (Å²) in [6, 6.07) is 4.72. The van der Waals surface area contributed by atoms with Gasteiger partial charge in [0.25, 0.3) is 0 Å². The van der Waals surface area contributed by atoms with E-state index < -0.39 is 0 Å². The van der Waals surface area contributed by atoms with Crippen LogP contribution < -0.4 is 5.73 Å². The minimum absolute atomic E-state index is 0.249. The number of benzene rings is 1. The van der Waals surface area contributed by atoms with Crippen molar-refractivity contribution in [3.8, 4) is 0 Å². The van der Waals surface area contributed by atoms with Crippen molar-refractivity contribution in [2.24, 2.45) is 5.92 Å². The lowest BCUT2D eigenvalue weighted by atomic mass is 9.87. The van der Waals surface area contributed by atoms with Gasteiger partial charge in [-0.25, -0.2) is 4.39 Å². The summed E-state index contributed by atoms with van der Waals surface area (Å²) in [4.78, 5) is 1.03. The van der Waals surface area contributed by atoms with E-state index in [9.17, 15) is 4.39 Å².